The van der Waals surface area contributed by atoms with Crippen LogP contribution in [0.3, 0.4) is 0 Å². The highest BCUT2D eigenvalue weighted by Gasteiger charge is 2.05. The summed E-state index contributed by atoms with van der Waals surface area (Å²) < 4.78 is 1.53. The molecular formula is C16H10Br2N2. The van der Waals surface area contributed by atoms with Crippen LogP contribution >= 0.6 is 31.9 Å². The van der Waals surface area contributed by atoms with Crippen LogP contribution in [0.15, 0.2) is 69.9 Å². The van der Waals surface area contributed by atoms with E-state index in [2.05, 4.69) is 66.1 Å². The zero-order chi connectivity index (χ0) is 13.9. The van der Waals surface area contributed by atoms with E-state index in [0.717, 1.165) is 14.8 Å². The van der Waals surface area contributed by atoms with Crippen molar-refractivity contribution in [1.29, 1.82) is 0 Å². The molecule has 0 amide bonds. The van der Waals surface area contributed by atoms with Crippen LogP contribution < -0.4 is 0 Å². The molecule has 3 rings (SSSR count). The predicted molar refractivity (Wildman–Crippen MR) is 88.3 cm³/mol. The molecule has 1 heterocycles. The fraction of sp³-hybridized carbons (Fsp3) is 0. The van der Waals surface area contributed by atoms with Gasteiger partial charge in [-0.05, 0) is 43.0 Å². The minimum Gasteiger partial charge on any atom is -0.221 e. The molecule has 0 fully saturated rings. The Kier molecular flexibility index (Phi) is 3.94. The molecule has 98 valence electrons. The number of benzene rings is 2. The van der Waals surface area contributed by atoms with E-state index in [4.69, 9.17) is 0 Å². The van der Waals surface area contributed by atoms with E-state index in [9.17, 15) is 0 Å². The molecule has 2 aromatic carbocycles. The summed E-state index contributed by atoms with van der Waals surface area (Å²) in [5.74, 6) is 0.700. The van der Waals surface area contributed by atoms with Crippen molar-refractivity contribution in [3.63, 3.8) is 0 Å². The first kappa shape index (κ1) is 13.5. The molecule has 3 aromatic rings. The second-order valence-corrected chi connectivity index (χ2v) is 5.91. The van der Waals surface area contributed by atoms with Crippen LogP contribution in [-0.4, -0.2) is 9.97 Å². The lowest BCUT2D eigenvalue weighted by atomic mass is 10.0. The third-order valence-electron chi connectivity index (χ3n) is 2.91. The molecule has 0 N–H and O–H groups in total. The molecule has 0 spiro atoms. The third-order valence-corrected chi connectivity index (χ3v) is 3.73. The topological polar surface area (TPSA) is 25.8 Å². The van der Waals surface area contributed by atoms with Crippen LogP contribution in [0.4, 0.5) is 0 Å². The molecule has 0 atom stereocenters. The molecule has 1 aromatic heterocycles. The van der Waals surface area contributed by atoms with Crippen LogP contribution in [-0.2, 0) is 0 Å². The van der Waals surface area contributed by atoms with Crippen LogP contribution in [0, 0.1) is 0 Å². The van der Waals surface area contributed by atoms with Crippen molar-refractivity contribution in [3.8, 4) is 22.5 Å². The Morgan fingerprint density at radius 3 is 1.70 bits per heavy atom. The fourth-order valence-corrected chi connectivity index (χ4v) is 3.04. The van der Waals surface area contributed by atoms with Gasteiger partial charge in [-0.15, -0.1) is 0 Å². The summed E-state index contributed by atoms with van der Waals surface area (Å²) in [6.07, 6.45) is 0. The number of aromatic nitrogens is 2. The van der Waals surface area contributed by atoms with E-state index < -0.39 is 0 Å². The zero-order valence-corrected chi connectivity index (χ0v) is 13.6. The van der Waals surface area contributed by atoms with E-state index in [1.165, 1.54) is 11.1 Å². The van der Waals surface area contributed by atoms with Gasteiger partial charge in [-0.3, -0.25) is 0 Å². The third kappa shape index (κ3) is 2.97. The number of rotatable bonds is 2. The predicted octanol–water partition coefficient (Wildman–Crippen LogP) is 5.34. The number of hydrogen-bond acceptors (Lipinski definition) is 2. The van der Waals surface area contributed by atoms with E-state index in [1.807, 2.05) is 36.4 Å². The summed E-state index contributed by atoms with van der Waals surface area (Å²) in [5.41, 5.74) is 3.38. The minimum absolute atomic E-state index is 0.700. The van der Waals surface area contributed by atoms with Gasteiger partial charge in [0.25, 0.3) is 0 Å². The Morgan fingerprint density at radius 2 is 1.10 bits per heavy atom. The molecule has 0 radical (unpaired) electrons. The Balaban J connectivity index is 1.97. The molecule has 2 nitrogen and oxygen atoms in total. The molecule has 0 unspecified atom stereocenters. The summed E-state index contributed by atoms with van der Waals surface area (Å²) >= 11 is 6.76. The average molecular weight is 390 g/mol. The maximum Gasteiger partial charge on any atom is 0.161 e. The van der Waals surface area contributed by atoms with Crippen molar-refractivity contribution in [3.05, 3.63) is 69.9 Å². The molecule has 0 aliphatic carbocycles. The second kappa shape index (κ2) is 5.85. The van der Waals surface area contributed by atoms with Gasteiger partial charge in [0, 0.05) is 11.6 Å². The van der Waals surface area contributed by atoms with Crippen molar-refractivity contribution < 1.29 is 0 Å². The van der Waals surface area contributed by atoms with E-state index >= 15 is 0 Å². The molecule has 0 bridgehead atoms. The number of halogens is 2. The lowest BCUT2D eigenvalue weighted by molar-refractivity contribution is 1.12. The van der Waals surface area contributed by atoms with Gasteiger partial charge in [0.2, 0.25) is 0 Å². The molecule has 20 heavy (non-hydrogen) atoms. The van der Waals surface area contributed by atoms with E-state index in [0.29, 0.717) is 5.82 Å². The maximum absolute atomic E-state index is 4.38. The van der Waals surface area contributed by atoms with Gasteiger partial charge in [-0.25, -0.2) is 9.97 Å². The monoisotopic (exact) mass is 388 g/mol. The SMILES string of the molecule is Brc1cc(Br)nc(-c2ccc(-c3ccccc3)cc2)n1. The molecule has 0 aliphatic heterocycles. The zero-order valence-electron chi connectivity index (χ0n) is 10.4. The van der Waals surface area contributed by atoms with Gasteiger partial charge in [-0.1, -0.05) is 54.6 Å². The molecule has 0 saturated heterocycles. The van der Waals surface area contributed by atoms with E-state index in [-0.39, 0.29) is 0 Å². The molecule has 0 aliphatic rings. The largest absolute Gasteiger partial charge is 0.221 e. The first-order chi connectivity index (χ1) is 9.72. The second-order valence-electron chi connectivity index (χ2n) is 4.28. The fourth-order valence-electron chi connectivity index (χ4n) is 1.96. The van der Waals surface area contributed by atoms with Gasteiger partial charge in [0.15, 0.2) is 5.82 Å². The minimum atomic E-state index is 0.700. The molecule has 0 saturated carbocycles. The Labute approximate surface area is 134 Å². The summed E-state index contributed by atoms with van der Waals surface area (Å²) in [6.45, 7) is 0. The highest BCUT2D eigenvalue weighted by molar-refractivity contribution is 9.11. The van der Waals surface area contributed by atoms with Crippen molar-refractivity contribution >= 4 is 31.9 Å². The lowest BCUT2D eigenvalue weighted by Gasteiger charge is -2.04. The van der Waals surface area contributed by atoms with Crippen LogP contribution in [0.1, 0.15) is 0 Å². The summed E-state index contributed by atoms with van der Waals surface area (Å²) in [7, 11) is 0. The van der Waals surface area contributed by atoms with Crippen molar-refractivity contribution in [2.45, 2.75) is 0 Å². The normalized spacial score (nSPS) is 10.5. The summed E-state index contributed by atoms with van der Waals surface area (Å²) in [4.78, 5) is 8.76. The highest BCUT2D eigenvalue weighted by atomic mass is 79.9. The van der Waals surface area contributed by atoms with Gasteiger partial charge in [-0.2, -0.15) is 0 Å². The highest BCUT2D eigenvalue weighted by Crippen LogP contribution is 2.24. The first-order valence-electron chi connectivity index (χ1n) is 6.08. The Hall–Kier alpha value is -1.52. The molecular weight excluding hydrogens is 380 g/mol. The van der Waals surface area contributed by atoms with Crippen molar-refractivity contribution in [2.24, 2.45) is 0 Å². The van der Waals surface area contributed by atoms with E-state index in [1.54, 1.807) is 0 Å². The summed E-state index contributed by atoms with van der Waals surface area (Å²) in [5, 5.41) is 0. The van der Waals surface area contributed by atoms with Crippen LogP contribution in [0.5, 0.6) is 0 Å². The van der Waals surface area contributed by atoms with Crippen LogP contribution in [0.2, 0.25) is 0 Å². The Bertz CT molecular complexity index is 705. The lowest BCUT2D eigenvalue weighted by Crippen LogP contribution is -1.90. The molecule has 4 heteroatoms. The average Bonchev–Trinajstić information content (AvgIpc) is 2.47. The first-order valence-corrected chi connectivity index (χ1v) is 7.67. The van der Waals surface area contributed by atoms with Crippen molar-refractivity contribution in [2.75, 3.05) is 0 Å². The Morgan fingerprint density at radius 1 is 0.600 bits per heavy atom. The number of nitrogens with zero attached hydrogens (tertiary/aromatic N) is 2. The van der Waals surface area contributed by atoms with Crippen LogP contribution in [0.25, 0.3) is 22.5 Å². The standard InChI is InChI=1S/C16H10Br2N2/c17-14-10-15(18)20-16(19-14)13-8-6-12(7-9-13)11-4-2-1-3-5-11/h1-10H. The smallest absolute Gasteiger partial charge is 0.161 e. The summed E-state index contributed by atoms with van der Waals surface area (Å²) in [6, 6.07) is 20.4. The van der Waals surface area contributed by atoms with Crippen molar-refractivity contribution in [1.82, 2.24) is 9.97 Å². The number of hydrogen-bond donors (Lipinski definition) is 0. The van der Waals surface area contributed by atoms with Gasteiger partial charge in [0.1, 0.15) is 9.21 Å². The van der Waals surface area contributed by atoms with Gasteiger partial charge >= 0.3 is 0 Å². The quantitative estimate of drug-likeness (QED) is 0.553. The maximum atomic E-state index is 4.38. The van der Waals surface area contributed by atoms with Gasteiger partial charge < -0.3 is 0 Å². The van der Waals surface area contributed by atoms with Gasteiger partial charge in [0.05, 0.1) is 0 Å².